The van der Waals surface area contributed by atoms with Crippen LogP contribution in [0.15, 0.2) is 18.2 Å². The molecule has 7 heteroatoms. The normalized spacial score (nSPS) is 15.3. The van der Waals surface area contributed by atoms with Gasteiger partial charge in [-0.3, -0.25) is 14.9 Å². The maximum Gasteiger partial charge on any atom is 0.311 e. The van der Waals surface area contributed by atoms with E-state index in [4.69, 9.17) is 10.4 Å². The van der Waals surface area contributed by atoms with Gasteiger partial charge in [0.15, 0.2) is 0 Å². The molecule has 1 aliphatic carbocycles. The average molecular weight is 261 g/mol. The summed E-state index contributed by atoms with van der Waals surface area (Å²) in [7, 11) is 0. The molecular weight excluding hydrogens is 250 g/mol. The van der Waals surface area contributed by atoms with E-state index >= 15 is 0 Å². The molecule has 98 valence electrons. The van der Waals surface area contributed by atoms with Crippen molar-refractivity contribution in [2.45, 2.75) is 12.8 Å². The minimum atomic E-state index is -0.904. The summed E-state index contributed by atoms with van der Waals surface area (Å²) in [5.41, 5.74) is -0.527. The zero-order valence-electron chi connectivity index (χ0n) is 9.92. The summed E-state index contributed by atoms with van der Waals surface area (Å²) in [6.07, 6.45) is 1.11. The summed E-state index contributed by atoms with van der Waals surface area (Å²) in [5, 5.41) is 31.5. The fourth-order valence-electron chi connectivity index (χ4n) is 1.79. The topological polar surface area (TPSA) is 116 Å². The fourth-order valence-corrected chi connectivity index (χ4v) is 1.79. The Morgan fingerprint density at radius 3 is 2.74 bits per heavy atom. The molecule has 19 heavy (non-hydrogen) atoms. The van der Waals surface area contributed by atoms with Crippen molar-refractivity contribution >= 4 is 17.3 Å². The zero-order valence-corrected chi connectivity index (χ0v) is 9.92. The van der Waals surface area contributed by atoms with Crippen LogP contribution < -0.4 is 5.32 Å². The smallest absolute Gasteiger partial charge is 0.311 e. The van der Waals surface area contributed by atoms with Crippen LogP contribution >= 0.6 is 0 Å². The Labute approximate surface area is 108 Å². The first-order valence-electron chi connectivity index (χ1n) is 5.64. The molecule has 0 atom stereocenters. The van der Waals surface area contributed by atoms with Crippen LogP contribution in [0, 0.1) is 26.9 Å². The first-order valence-corrected chi connectivity index (χ1v) is 5.64. The van der Waals surface area contributed by atoms with E-state index in [0.29, 0.717) is 12.8 Å². The maximum absolute atomic E-state index is 11.0. The van der Waals surface area contributed by atoms with Crippen LogP contribution in [0.1, 0.15) is 18.4 Å². The third kappa shape index (κ3) is 2.47. The lowest BCUT2D eigenvalue weighted by Gasteiger charge is -2.12. The molecule has 1 saturated carbocycles. The molecule has 0 heterocycles. The standard InChI is InChI=1S/C12H11N3O4/c13-6-8-1-2-10(15(18)19)9(5-8)14-7-12(3-4-12)11(16)17/h1-2,5,14H,3-4,7H2,(H,16,17). The number of nitrogens with one attached hydrogen (secondary N) is 1. The largest absolute Gasteiger partial charge is 0.481 e. The average Bonchev–Trinajstić information content (AvgIpc) is 3.17. The third-order valence-electron chi connectivity index (χ3n) is 3.25. The highest BCUT2D eigenvalue weighted by Gasteiger charge is 2.50. The molecule has 7 nitrogen and oxygen atoms in total. The minimum absolute atomic E-state index is 0.123. The quantitative estimate of drug-likeness (QED) is 0.616. The number of hydrogen-bond donors (Lipinski definition) is 2. The van der Waals surface area contributed by atoms with Crippen LogP contribution in [0.2, 0.25) is 0 Å². The highest BCUT2D eigenvalue weighted by molar-refractivity contribution is 5.79. The number of hydrogen-bond acceptors (Lipinski definition) is 5. The number of nitrogens with zero attached hydrogens (tertiary/aromatic N) is 2. The lowest BCUT2D eigenvalue weighted by Crippen LogP contribution is -2.24. The molecule has 0 spiro atoms. The number of nitriles is 1. The highest BCUT2D eigenvalue weighted by Crippen LogP contribution is 2.46. The van der Waals surface area contributed by atoms with Gasteiger partial charge in [0.05, 0.1) is 22.0 Å². The number of carboxylic acids is 1. The van der Waals surface area contributed by atoms with Gasteiger partial charge in [-0.15, -0.1) is 0 Å². The van der Waals surface area contributed by atoms with E-state index in [1.54, 1.807) is 0 Å². The van der Waals surface area contributed by atoms with Crippen molar-refractivity contribution in [1.82, 2.24) is 0 Å². The van der Waals surface area contributed by atoms with E-state index in [-0.39, 0.29) is 23.5 Å². The van der Waals surface area contributed by atoms with Crippen molar-refractivity contribution in [3.05, 3.63) is 33.9 Å². The van der Waals surface area contributed by atoms with Crippen molar-refractivity contribution in [2.75, 3.05) is 11.9 Å². The molecule has 0 saturated heterocycles. The Kier molecular flexibility index (Phi) is 3.09. The number of rotatable bonds is 5. The number of nitro groups is 1. The van der Waals surface area contributed by atoms with Gasteiger partial charge in [0.2, 0.25) is 0 Å². The van der Waals surface area contributed by atoms with E-state index in [1.165, 1.54) is 18.2 Å². The summed E-state index contributed by atoms with van der Waals surface area (Å²) in [5.74, 6) is -0.904. The van der Waals surface area contributed by atoms with Crippen LogP contribution in [0.3, 0.4) is 0 Å². The summed E-state index contributed by atoms with van der Waals surface area (Å²) >= 11 is 0. The number of aliphatic carboxylic acids is 1. The predicted molar refractivity (Wildman–Crippen MR) is 65.6 cm³/mol. The Bertz CT molecular complexity index is 587. The SMILES string of the molecule is N#Cc1ccc([N+](=O)[O-])c(NCC2(C(=O)O)CC2)c1. The molecule has 0 unspecified atom stereocenters. The Morgan fingerprint density at radius 1 is 1.58 bits per heavy atom. The predicted octanol–water partition coefficient (Wildman–Crippen LogP) is 1.74. The minimum Gasteiger partial charge on any atom is -0.481 e. The number of carboxylic acid groups (broad SMARTS) is 1. The molecule has 2 rings (SSSR count). The van der Waals surface area contributed by atoms with Crippen molar-refractivity contribution in [3.63, 3.8) is 0 Å². The van der Waals surface area contributed by atoms with Crippen LogP contribution in [-0.4, -0.2) is 22.5 Å². The molecule has 2 N–H and O–H groups in total. The summed E-state index contributed by atoms with van der Waals surface area (Å²) in [6.45, 7) is 0.123. The van der Waals surface area contributed by atoms with Crippen LogP contribution in [-0.2, 0) is 4.79 Å². The number of nitro benzene ring substituents is 1. The Hall–Kier alpha value is -2.62. The van der Waals surface area contributed by atoms with E-state index in [0.717, 1.165) is 0 Å². The number of anilines is 1. The highest BCUT2D eigenvalue weighted by atomic mass is 16.6. The van der Waals surface area contributed by atoms with Gasteiger partial charge in [-0.1, -0.05) is 0 Å². The van der Waals surface area contributed by atoms with Crippen LogP contribution in [0.4, 0.5) is 11.4 Å². The lowest BCUT2D eigenvalue weighted by atomic mass is 10.1. The lowest BCUT2D eigenvalue weighted by molar-refractivity contribution is -0.384. The molecule has 0 bridgehead atoms. The van der Waals surface area contributed by atoms with Gasteiger partial charge in [0.1, 0.15) is 5.69 Å². The first kappa shape index (κ1) is 12.8. The third-order valence-corrected chi connectivity index (χ3v) is 3.25. The summed E-state index contributed by atoms with van der Waals surface area (Å²) in [6, 6.07) is 5.84. The fraction of sp³-hybridized carbons (Fsp3) is 0.333. The van der Waals surface area contributed by atoms with Gasteiger partial charge in [-0.2, -0.15) is 5.26 Å². The molecule has 1 aromatic rings. The first-order chi connectivity index (χ1) is 8.98. The van der Waals surface area contributed by atoms with Gasteiger partial charge >= 0.3 is 5.97 Å². The molecule has 0 radical (unpaired) electrons. The summed E-state index contributed by atoms with van der Waals surface area (Å²) in [4.78, 5) is 21.3. The van der Waals surface area contributed by atoms with E-state index < -0.39 is 16.3 Å². The van der Waals surface area contributed by atoms with Crippen LogP contribution in [0.5, 0.6) is 0 Å². The van der Waals surface area contributed by atoms with Crippen molar-refractivity contribution < 1.29 is 14.8 Å². The second-order valence-corrected chi connectivity index (χ2v) is 4.54. The maximum atomic E-state index is 11.0. The zero-order chi connectivity index (χ0) is 14.0. The molecular formula is C12H11N3O4. The van der Waals surface area contributed by atoms with Crippen molar-refractivity contribution in [3.8, 4) is 6.07 Å². The second kappa shape index (κ2) is 4.57. The molecule has 1 aliphatic rings. The van der Waals surface area contributed by atoms with Crippen molar-refractivity contribution in [1.29, 1.82) is 5.26 Å². The molecule has 0 aromatic heterocycles. The van der Waals surface area contributed by atoms with E-state index in [1.807, 2.05) is 6.07 Å². The monoisotopic (exact) mass is 261 g/mol. The second-order valence-electron chi connectivity index (χ2n) is 4.54. The van der Waals surface area contributed by atoms with E-state index in [9.17, 15) is 14.9 Å². The van der Waals surface area contributed by atoms with Gasteiger partial charge in [-0.05, 0) is 25.0 Å². The molecule has 1 fully saturated rings. The van der Waals surface area contributed by atoms with Gasteiger partial charge < -0.3 is 10.4 Å². The summed E-state index contributed by atoms with van der Waals surface area (Å²) < 4.78 is 0. The Balaban J connectivity index is 2.21. The van der Waals surface area contributed by atoms with Gasteiger partial charge in [-0.25, -0.2) is 0 Å². The van der Waals surface area contributed by atoms with Gasteiger partial charge in [0, 0.05) is 12.6 Å². The number of benzene rings is 1. The van der Waals surface area contributed by atoms with Crippen molar-refractivity contribution in [2.24, 2.45) is 5.41 Å². The number of carbonyl (C=O) groups is 1. The molecule has 0 aliphatic heterocycles. The Morgan fingerprint density at radius 2 is 2.26 bits per heavy atom. The molecule has 0 amide bonds. The molecule has 1 aromatic carbocycles. The van der Waals surface area contributed by atoms with Gasteiger partial charge in [0.25, 0.3) is 5.69 Å². The van der Waals surface area contributed by atoms with Crippen LogP contribution in [0.25, 0.3) is 0 Å². The van der Waals surface area contributed by atoms with E-state index in [2.05, 4.69) is 5.32 Å².